The molecule has 0 heterocycles. The van der Waals surface area contributed by atoms with E-state index in [-0.39, 0.29) is 0 Å². The molecule has 0 aliphatic rings. The van der Waals surface area contributed by atoms with Crippen LogP contribution in [0.1, 0.15) is 40.0 Å². The molecule has 0 unspecified atom stereocenters. The maximum Gasteiger partial charge on any atom is 0.0397 e. The standard InChI is InChI=1S/C11H19N/c1-4-7-8-9-11(6-3)12-10-5-2/h5,8-10H,4,6-7H2,1-3H3/b9-8-,10-5-,12-11-. The molecule has 0 atom stereocenters. The van der Waals surface area contributed by atoms with Gasteiger partial charge in [-0.1, -0.05) is 32.4 Å². The third kappa shape index (κ3) is 5.90. The van der Waals surface area contributed by atoms with Crippen LogP contribution in [0, 0.1) is 0 Å². The molecule has 0 aliphatic carbocycles. The van der Waals surface area contributed by atoms with E-state index in [0.717, 1.165) is 18.6 Å². The normalized spacial score (nSPS) is 13.4. The number of nitrogens with zero attached hydrogens (tertiary/aromatic N) is 1. The van der Waals surface area contributed by atoms with Crippen LogP contribution in [-0.2, 0) is 0 Å². The number of aliphatic imine (C=N–C) groups is 1. The first-order chi connectivity index (χ1) is 5.85. The van der Waals surface area contributed by atoms with Gasteiger partial charge in [-0.15, -0.1) is 0 Å². The highest BCUT2D eigenvalue weighted by Crippen LogP contribution is 1.94. The molecule has 0 rings (SSSR count). The molecular formula is C11H19N. The summed E-state index contributed by atoms with van der Waals surface area (Å²) in [5.74, 6) is 0. The summed E-state index contributed by atoms with van der Waals surface area (Å²) in [6.07, 6.45) is 11.4. The summed E-state index contributed by atoms with van der Waals surface area (Å²) in [6, 6.07) is 0. The van der Waals surface area contributed by atoms with Crippen LogP contribution in [0.3, 0.4) is 0 Å². The average Bonchev–Trinajstić information content (AvgIpc) is 2.11. The summed E-state index contributed by atoms with van der Waals surface area (Å²) in [4.78, 5) is 4.28. The lowest BCUT2D eigenvalue weighted by atomic mass is 10.2. The summed E-state index contributed by atoms with van der Waals surface area (Å²) in [7, 11) is 0. The zero-order valence-corrected chi connectivity index (χ0v) is 8.38. The number of hydrogen-bond donors (Lipinski definition) is 0. The Balaban J connectivity index is 3.98. The minimum absolute atomic E-state index is 1.00. The molecule has 1 nitrogen and oxygen atoms in total. The molecule has 0 N–H and O–H groups in total. The van der Waals surface area contributed by atoms with Crippen molar-refractivity contribution in [1.82, 2.24) is 0 Å². The molecule has 0 saturated carbocycles. The second-order valence-corrected chi connectivity index (χ2v) is 2.65. The first kappa shape index (κ1) is 11.2. The van der Waals surface area contributed by atoms with E-state index in [0.29, 0.717) is 0 Å². The number of allylic oxidation sites excluding steroid dienone is 3. The molecule has 0 aromatic heterocycles. The molecule has 1 heteroatoms. The van der Waals surface area contributed by atoms with E-state index in [2.05, 4.69) is 31.0 Å². The molecule has 0 saturated heterocycles. The van der Waals surface area contributed by atoms with Gasteiger partial charge in [0.2, 0.25) is 0 Å². The van der Waals surface area contributed by atoms with Crippen molar-refractivity contribution in [3.05, 3.63) is 24.4 Å². The highest BCUT2D eigenvalue weighted by Gasteiger charge is 1.85. The topological polar surface area (TPSA) is 12.4 Å². The van der Waals surface area contributed by atoms with Gasteiger partial charge in [-0.3, -0.25) is 4.99 Å². The second-order valence-electron chi connectivity index (χ2n) is 2.65. The molecule has 0 aromatic rings. The SMILES string of the molecule is C\C=C/N=C(\C=C/CCC)CC. The zero-order chi connectivity index (χ0) is 9.23. The lowest BCUT2D eigenvalue weighted by Gasteiger charge is -1.92. The van der Waals surface area contributed by atoms with Crippen LogP contribution in [-0.4, -0.2) is 5.71 Å². The molecule has 0 radical (unpaired) electrons. The monoisotopic (exact) mass is 165 g/mol. The van der Waals surface area contributed by atoms with Crippen molar-refractivity contribution in [1.29, 1.82) is 0 Å². The van der Waals surface area contributed by atoms with Crippen molar-refractivity contribution in [2.24, 2.45) is 4.99 Å². The van der Waals surface area contributed by atoms with Gasteiger partial charge in [0.05, 0.1) is 0 Å². The van der Waals surface area contributed by atoms with Crippen molar-refractivity contribution < 1.29 is 0 Å². The molecule has 0 bridgehead atoms. The van der Waals surface area contributed by atoms with Gasteiger partial charge in [0.15, 0.2) is 0 Å². The van der Waals surface area contributed by atoms with Gasteiger partial charge in [-0.25, -0.2) is 0 Å². The van der Waals surface area contributed by atoms with Crippen LogP contribution < -0.4 is 0 Å². The Morgan fingerprint density at radius 1 is 1.33 bits per heavy atom. The number of hydrogen-bond acceptors (Lipinski definition) is 1. The molecule has 0 aliphatic heterocycles. The van der Waals surface area contributed by atoms with Crippen molar-refractivity contribution in [3.8, 4) is 0 Å². The number of rotatable bonds is 5. The first-order valence-corrected chi connectivity index (χ1v) is 4.69. The molecular weight excluding hydrogens is 146 g/mol. The average molecular weight is 165 g/mol. The summed E-state index contributed by atoms with van der Waals surface area (Å²) >= 11 is 0. The van der Waals surface area contributed by atoms with E-state index >= 15 is 0 Å². The third-order valence-corrected chi connectivity index (χ3v) is 1.52. The molecule has 0 amide bonds. The van der Waals surface area contributed by atoms with Crippen molar-refractivity contribution in [2.45, 2.75) is 40.0 Å². The Morgan fingerprint density at radius 3 is 2.58 bits per heavy atom. The maximum atomic E-state index is 4.28. The largest absolute Gasteiger partial charge is 0.262 e. The molecule has 0 fully saturated rings. The lowest BCUT2D eigenvalue weighted by Crippen LogP contribution is -1.88. The Hall–Kier alpha value is -0.850. The van der Waals surface area contributed by atoms with Gasteiger partial charge in [0.1, 0.15) is 0 Å². The summed E-state index contributed by atoms with van der Waals surface area (Å²) in [6.45, 7) is 6.28. The van der Waals surface area contributed by atoms with Gasteiger partial charge in [-0.2, -0.15) is 0 Å². The minimum Gasteiger partial charge on any atom is -0.262 e. The Kier molecular flexibility index (Phi) is 7.66. The fourth-order valence-electron chi connectivity index (χ4n) is 0.808. The predicted octanol–water partition coefficient (Wildman–Crippen LogP) is 3.73. The van der Waals surface area contributed by atoms with Crippen LogP contribution >= 0.6 is 0 Å². The minimum atomic E-state index is 1.00. The Morgan fingerprint density at radius 2 is 2.08 bits per heavy atom. The molecule has 0 aromatic carbocycles. The third-order valence-electron chi connectivity index (χ3n) is 1.52. The Labute approximate surface area is 75.9 Å². The van der Waals surface area contributed by atoms with Gasteiger partial charge < -0.3 is 0 Å². The van der Waals surface area contributed by atoms with Crippen LogP contribution in [0.5, 0.6) is 0 Å². The molecule has 68 valence electrons. The highest BCUT2D eigenvalue weighted by atomic mass is 14.7. The summed E-state index contributed by atoms with van der Waals surface area (Å²) < 4.78 is 0. The summed E-state index contributed by atoms with van der Waals surface area (Å²) in [5, 5.41) is 0. The quantitative estimate of drug-likeness (QED) is 0.550. The van der Waals surface area contributed by atoms with Crippen LogP contribution in [0.25, 0.3) is 0 Å². The molecule has 0 spiro atoms. The van der Waals surface area contributed by atoms with E-state index in [1.165, 1.54) is 6.42 Å². The fraction of sp³-hybridized carbons (Fsp3) is 0.545. The zero-order valence-electron chi connectivity index (χ0n) is 8.38. The Bertz CT molecular complexity index is 175. The predicted molar refractivity (Wildman–Crippen MR) is 56.6 cm³/mol. The first-order valence-electron chi connectivity index (χ1n) is 4.69. The van der Waals surface area contributed by atoms with Crippen molar-refractivity contribution >= 4 is 5.71 Å². The van der Waals surface area contributed by atoms with E-state index in [9.17, 15) is 0 Å². The second kappa shape index (κ2) is 8.25. The fourth-order valence-corrected chi connectivity index (χ4v) is 0.808. The van der Waals surface area contributed by atoms with E-state index in [4.69, 9.17) is 0 Å². The van der Waals surface area contributed by atoms with Crippen molar-refractivity contribution in [3.63, 3.8) is 0 Å². The maximum absolute atomic E-state index is 4.28. The van der Waals surface area contributed by atoms with E-state index < -0.39 is 0 Å². The lowest BCUT2D eigenvalue weighted by molar-refractivity contribution is 0.959. The van der Waals surface area contributed by atoms with E-state index in [1.54, 1.807) is 0 Å². The van der Waals surface area contributed by atoms with Gasteiger partial charge in [-0.05, 0) is 25.8 Å². The number of unbranched alkanes of at least 4 members (excludes halogenated alkanes) is 1. The van der Waals surface area contributed by atoms with Crippen LogP contribution in [0.4, 0.5) is 0 Å². The van der Waals surface area contributed by atoms with Gasteiger partial charge in [0, 0.05) is 11.9 Å². The van der Waals surface area contributed by atoms with Gasteiger partial charge in [0.25, 0.3) is 0 Å². The van der Waals surface area contributed by atoms with E-state index in [1.807, 2.05) is 19.2 Å². The van der Waals surface area contributed by atoms with Crippen LogP contribution in [0.15, 0.2) is 29.4 Å². The highest BCUT2D eigenvalue weighted by molar-refractivity contribution is 5.95. The van der Waals surface area contributed by atoms with Gasteiger partial charge >= 0.3 is 0 Å². The van der Waals surface area contributed by atoms with Crippen molar-refractivity contribution in [2.75, 3.05) is 0 Å². The molecule has 12 heavy (non-hydrogen) atoms. The smallest absolute Gasteiger partial charge is 0.0397 e. The summed E-state index contributed by atoms with van der Waals surface area (Å²) in [5.41, 5.74) is 1.15. The van der Waals surface area contributed by atoms with Crippen LogP contribution in [0.2, 0.25) is 0 Å².